The number of ether oxygens (including phenoxy) is 3. The molecule has 1 aliphatic rings. The summed E-state index contributed by atoms with van der Waals surface area (Å²) in [7, 11) is 1.54. The molecule has 1 heterocycles. The van der Waals surface area contributed by atoms with Gasteiger partial charge >= 0.3 is 0 Å². The Morgan fingerprint density at radius 2 is 1.75 bits per heavy atom. The maximum atomic E-state index is 11.8. The van der Waals surface area contributed by atoms with Crippen LogP contribution in [0.5, 0.6) is 17.2 Å². The Kier molecular flexibility index (Phi) is 7.64. The Balaban J connectivity index is 1.55. The quantitative estimate of drug-likeness (QED) is 0.324. The number of nitrogens with one attached hydrogen (secondary N) is 2. The van der Waals surface area contributed by atoms with E-state index in [0.717, 1.165) is 5.75 Å². The zero-order valence-corrected chi connectivity index (χ0v) is 20.2. The van der Waals surface area contributed by atoms with E-state index in [1.165, 1.54) is 12.7 Å². The molecule has 1 saturated heterocycles. The van der Waals surface area contributed by atoms with Crippen LogP contribution in [-0.2, 0) is 10.2 Å². The largest absolute Gasteiger partial charge is 0.493 e. The number of benzene rings is 2. The molecular weight excluding hydrogens is 448 g/mol. The second kappa shape index (κ2) is 10.2. The highest BCUT2D eigenvalue weighted by Gasteiger charge is 2.21. The van der Waals surface area contributed by atoms with Gasteiger partial charge in [-0.2, -0.15) is 0 Å². The zero-order valence-electron chi connectivity index (χ0n) is 18.6. The molecule has 1 fully saturated rings. The molecule has 0 atom stereocenters. The topological polar surface area (TPSA) is 68.8 Å². The molecular formula is C24H27ClN2O4S. The number of hydrogen-bond donors (Lipinski definition) is 2. The normalized spacial score (nSPS) is 14.8. The molecule has 2 N–H and O–H groups in total. The Morgan fingerprint density at radius 3 is 2.34 bits per heavy atom. The van der Waals surface area contributed by atoms with E-state index >= 15 is 0 Å². The first-order valence-electron chi connectivity index (χ1n) is 10.2. The van der Waals surface area contributed by atoms with Crippen molar-refractivity contribution in [1.82, 2.24) is 10.6 Å². The highest BCUT2D eigenvalue weighted by atomic mass is 35.5. The maximum absolute atomic E-state index is 11.8. The van der Waals surface area contributed by atoms with Crippen LogP contribution in [0.3, 0.4) is 0 Å². The lowest BCUT2D eigenvalue weighted by Gasteiger charge is -2.19. The number of hydrogen-bond acceptors (Lipinski definition) is 5. The first kappa shape index (κ1) is 23.9. The lowest BCUT2D eigenvalue weighted by Crippen LogP contribution is -2.21. The van der Waals surface area contributed by atoms with Gasteiger partial charge in [0.05, 0.1) is 25.3 Å². The fraction of sp³-hybridized carbons (Fsp3) is 0.333. The highest BCUT2D eigenvalue weighted by Crippen LogP contribution is 2.37. The van der Waals surface area contributed by atoms with E-state index in [2.05, 4.69) is 43.5 Å². The van der Waals surface area contributed by atoms with E-state index in [1.54, 1.807) is 18.2 Å². The predicted molar refractivity (Wildman–Crippen MR) is 131 cm³/mol. The minimum absolute atomic E-state index is 0.115. The summed E-state index contributed by atoms with van der Waals surface area (Å²) in [4.78, 5) is 11.8. The van der Waals surface area contributed by atoms with Gasteiger partial charge in [-0.3, -0.25) is 10.1 Å². The van der Waals surface area contributed by atoms with E-state index in [0.29, 0.717) is 47.4 Å². The molecule has 0 unspecified atom stereocenters. The number of thiocarbonyl (C=S) groups is 1. The average molecular weight is 475 g/mol. The molecule has 32 heavy (non-hydrogen) atoms. The van der Waals surface area contributed by atoms with Gasteiger partial charge in [0, 0.05) is 6.42 Å². The summed E-state index contributed by atoms with van der Waals surface area (Å²) in [6.45, 7) is 7.47. The van der Waals surface area contributed by atoms with Crippen LogP contribution < -0.4 is 24.8 Å². The van der Waals surface area contributed by atoms with Crippen molar-refractivity contribution in [2.75, 3.05) is 20.3 Å². The van der Waals surface area contributed by atoms with Crippen LogP contribution in [0.2, 0.25) is 5.02 Å². The van der Waals surface area contributed by atoms with Crippen molar-refractivity contribution < 1.29 is 19.0 Å². The SMILES string of the molecule is COc1cc(C=C2NC(=S)NC2=O)cc(Cl)c1OCCCOc1ccc(C(C)(C)C)cc1. The van der Waals surface area contributed by atoms with Crippen LogP contribution in [0.1, 0.15) is 38.3 Å². The Hall–Kier alpha value is -2.77. The van der Waals surface area contributed by atoms with Crippen molar-refractivity contribution in [3.8, 4) is 17.2 Å². The monoisotopic (exact) mass is 474 g/mol. The van der Waals surface area contributed by atoms with E-state index in [4.69, 9.17) is 38.0 Å². The van der Waals surface area contributed by atoms with Crippen LogP contribution in [0.15, 0.2) is 42.1 Å². The maximum Gasteiger partial charge on any atom is 0.273 e. The first-order chi connectivity index (χ1) is 15.2. The van der Waals surface area contributed by atoms with Crippen LogP contribution in [0.4, 0.5) is 0 Å². The predicted octanol–water partition coefficient (Wildman–Crippen LogP) is 4.84. The molecule has 6 nitrogen and oxygen atoms in total. The molecule has 3 rings (SSSR count). The number of methoxy groups -OCH3 is 1. The summed E-state index contributed by atoms with van der Waals surface area (Å²) < 4.78 is 17.1. The van der Waals surface area contributed by atoms with E-state index < -0.39 is 0 Å². The van der Waals surface area contributed by atoms with E-state index in [1.807, 2.05) is 12.1 Å². The van der Waals surface area contributed by atoms with Crippen molar-refractivity contribution in [3.63, 3.8) is 0 Å². The summed E-state index contributed by atoms with van der Waals surface area (Å²) in [5.41, 5.74) is 2.41. The third-order valence-electron chi connectivity index (χ3n) is 4.81. The molecule has 2 aromatic carbocycles. The molecule has 0 spiro atoms. The summed E-state index contributed by atoms with van der Waals surface area (Å²) in [6.07, 6.45) is 2.32. The summed E-state index contributed by atoms with van der Waals surface area (Å²) in [5, 5.41) is 5.97. The van der Waals surface area contributed by atoms with Gasteiger partial charge in [0.15, 0.2) is 16.6 Å². The fourth-order valence-electron chi connectivity index (χ4n) is 3.09. The van der Waals surface area contributed by atoms with Gasteiger partial charge in [0.2, 0.25) is 0 Å². The van der Waals surface area contributed by atoms with Crippen molar-refractivity contribution >= 4 is 40.9 Å². The molecule has 0 radical (unpaired) electrons. The molecule has 1 amide bonds. The average Bonchev–Trinajstić information content (AvgIpc) is 3.05. The Morgan fingerprint density at radius 1 is 1.06 bits per heavy atom. The Bertz CT molecular complexity index is 1030. The van der Waals surface area contributed by atoms with Gasteiger partial charge in [-0.1, -0.05) is 44.5 Å². The van der Waals surface area contributed by atoms with Crippen molar-refractivity contribution in [1.29, 1.82) is 0 Å². The second-order valence-electron chi connectivity index (χ2n) is 8.33. The number of carbonyl (C=O) groups is 1. The number of carbonyl (C=O) groups excluding carboxylic acids is 1. The van der Waals surface area contributed by atoms with Gasteiger partial charge in [-0.05, 0) is 59.1 Å². The number of halogens is 1. The Labute approximate surface area is 198 Å². The second-order valence-corrected chi connectivity index (χ2v) is 9.14. The molecule has 170 valence electrons. The molecule has 8 heteroatoms. The molecule has 0 saturated carbocycles. The minimum Gasteiger partial charge on any atom is -0.493 e. The van der Waals surface area contributed by atoms with Crippen LogP contribution in [0, 0.1) is 0 Å². The van der Waals surface area contributed by atoms with Crippen molar-refractivity contribution in [3.05, 3.63) is 58.2 Å². The molecule has 1 aliphatic heterocycles. The van der Waals surface area contributed by atoms with Gasteiger partial charge in [0.1, 0.15) is 11.4 Å². The molecule has 0 aromatic heterocycles. The van der Waals surface area contributed by atoms with Crippen LogP contribution in [0.25, 0.3) is 6.08 Å². The lowest BCUT2D eigenvalue weighted by molar-refractivity contribution is -0.115. The summed E-state index contributed by atoms with van der Waals surface area (Å²) in [5.74, 6) is 1.46. The molecule has 2 aromatic rings. The summed E-state index contributed by atoms with van der Waals surface area (Å²) >= 11 is 11.4. The lowest BCUT2D eigenvalue weighted by atomic mass is 9.87. The standard InChI is InChI=1S/C24H27ClN2O4S/c1-24(2,3)16-6-8-17(9-7-16)30-10-5-11-31-21-18(25)12-15(14-20(21)29-4)13-19-22(28)27-23(32)26-19/h6-9,12-14H,5,10-11H2,1-4H3,(H2,26,27,28,32). The minimum atomic E-state index is -0.293. The van der Waals surface area contributed by atoms with Crippen molar-refractivity contribution in [2.45, 2.75) is 32.6 Å². The van der Waals surface area contributed by atoms with Crippen LogP contribution in [-0.4, -0.2) is 31.3 Å². The van der Waals surface area contributed by atoms with Gasteiger partial charge in [-0.15, -0.1) is 0 Å². The fourth-order valence-corrected chi connectivity index (χ4v) is 3.56. The van der Waals surface area contributed by atoms with Gasteiger partial charge in [0.25, 0.3) is 5.91 Å². The van der Waals surface area contributed by atoms with Crippen LogP contribution >= 0.6 is 23.8 Å². The summed E-state index contributed by atoms with van der Waals surface area (Å²) in [6, 6.07) is 11.6. The zero-order chi connectivity index (χ0) is 23.3. The number of amides is 1. The van der Waals surface area contributed by atoms with Gasteiger partial charge in [-0.25, -0.2) is 0 Å². The molecule has 0 aliphatic carbocycles. The van der Waals surface area contributed by atoms with Crippen molar-refractivity contribution in [2.24, 2.45) is 0 Å². The first-order valence-corrected chi connectivity index (χ1v) is 11.0. The highest BCUT2D eigenvalue weighted by molar-refractivity contribution is 7.80. The number of rotatable bonds is 8. The van der Waals surface area contributed by atoms with Gasteiger partial charge < -0.3 is 19.5 Å². The third-order valence-corrected chi connectivity index (χ3v) is 5.29. The third kappa shape index (κ3) is 6.14. The van der Waals surface area contributed by atoms with E-state index in [-0.39, 0.29) is 16.4 Å². The molecule has 0 bridgehead atoms. The smallest absolute Gasteiger partial charge is 0.273 e. The van der Waals surface area contributed by atoms with E-state index in [9.17, 15) is 4.79 Å².